The molecule has 0 aliphatic rings. The zero-order valence-electron chi connectivity index (χ0n) is 4.16. The zero-order chi connectivity index (χ0) is 7.49. The number of hydrogen-bond donors (Lipinski definition) is 1. The van der Waals surface area contributed by atoms with Crippen LogP contribution >= 0.6 is 0 Å². The van der Waals surface area contributed by atoms with Gasteiger partial charge in [0.25, 0.3) is 0 Å². The van der Waals surface area contributed by atoms with E-state index >= 15 is 0 Å². The maximum Gasteiger partial charge on any atom is 0.450 e. The van der Waals surface area contributed by atoms with Crippen molar-refractivity contribution in [1.29, 1.82) is 0 Å². The van der Waals surface area contributed by atoms with E-state index in [9.17, 15) is 23.1 Å². The van der Waals surface area contributed by atoms with Gasteiger partial charge in [-0.2, -0.15) is 13.2 Å². The van der Waals surface area contributed by atoms with E-state index in [1.807, 2.05) is 0 Å². The molecule has 0 unspecified atom stereocenters. The number of halogens is 3. The minimum absolute atomic E-state index is 1.07. The van der Waals surface area contributed by atoms with Gasteiger partial charge in [0.05, 0.1) is 0 Å². The van der Waals surface area contributed by atoms with Crippen molar-refractivity contribution in [2.75, 3.05) is 6.54 Å². The molecule has 0 aromatic heterocycles. The highest BCUT2D eigenvalue weighted by atomic mass is 19.4. The first-order chi connectivity index (χ1) is 3.92. The fraction of sp³-hybridized carbons (Fsp3) is 0.667. The summed E-state index contributed by atoms with van der Waals surface area (Å²) in [7, 11) is 0. The molecule has 1 amide bonds. The summed E-state index contributed by atoms with van der Waals surface area (Å²) in [6, 6.07) is 0. The highest BCUT2D eigenvalue weighted by molar-refractivity contribution is 5.63. The maximum atomic E-state index is 11.1. The summed E-state index contributed by atoms with van der Waals surface area (Å²) >= 11 is 0. The van der Waals surface area contributed by atoms with Gasteiger partial charge in [0.15, 0.2) is 0 Å². The maximum absolute atomic E-state index is 11.1. The molecule has 53 valence electrons. The largest absolute Gasteiger partial charge is 0.450 e. The van der Waals surface area contributed by atoms with E-state index in [1.54, 1.807) is 0 Å². The van der Waals surface area contributed by atoms with Gasteiger partial charge in [0.1, 0.15) is 6.54 Å². The number of amides is 1. The molecule has 1 radical (unpaired) electrons. The molecule has 9 heavy (non-hydrogen) atoms. The fourth-order valence-electron chi connectivity index (χ4n) is 0.172. The summed E-state index contributed by atoms with van der Waals surface area (Å²) in [5, 5.41) is 10.4. The summed E-state index contributed by atoms with van der Waals surface area (Å²) in [5.41, 5.74) is 0. The van der Waals surface area contributed by atoms with Crippen LogP contribution < -0.4 is 5.32 Å². The van der Waals surface area contributed by atoms with Gasteiger partial charge in [-0.25, -0.2) is 9.90 Å². The molecule has 0 aromatic carbocycles. The zero-order valence-corrected chi connectivity index (χ0v) is 4.16. The highest BCUT2D eigenvalue weighted by Gasteiger charge is 2.27. The second-order valence-electron chi connectivity index (χ2n) is 1.26. The number of nitrogens with one attached hydrogen (secondary N) is 1. The third kappa shape index (κ3) is 7.06. The van der Waals surface area contributed by atoms with Crippen molar-refractivity contribution in [1.82, 2.24) is 5.32 Å². The van der Waals surface area contributed by atoms with Crippen LogP contribution in [0.1, 0.15) is 0 Å². The molecule has 0 rings (SSSR count). The third-order valence-electron chi connectivity index (χ3n) is 0.433. The van der Waals surface area contributed by atoms with Crippen molar-refractivity contribution in [3.8, 4) is 0 Å². The lowest BCUT2D eigenvalue weighted by Crippen LogP contribution is -2.31. The van der Waals surface area contributed by atoms with Crippen molar-refractivity contribution in [2.24, 2.45) is 0 Å². The van der Waals surface area contributed by atoms with Crippen LogP contribution in [0.5, 0.6) is 0 Å². The molecule has 1 N–H and O–H groups in total. The van der Waals surface area contributed by atoms with Gasteiger partial charge in [-0.15, -0.1) is 0 Å². The normalized spacial score (nSPS) is 11.0. The Bertz CT molecular complexity index is 110. The van der Waals surface area contributed by atoms with Crippen molar-refractivity contribution in [2.45, 2.75) is 6.18 Å². The van der Waals surface area contributed by atoms with Crippen LogP contribution in [0.2, 0.25) is 0 Å². The fourth-order valence-corrected chi connectivity index (χ4v) is 0.172. The minimum Gasteiger partial charge on any atom is -0.309 e. The molecule has 0 saturated carbocycles. The molecule has 0 aromatic rings. The van der Waals surface area contributed by atoms with E-state index in [2.05, 4.69) is 0 Å². The Morgan fingerprint density at radius 2 is 1.89 bits per heavy atom. The van der Waals surface area contributed by atoms with Gasteiger partial charge in [-0.05, 0) is 0 Å². The first kappa shape index (κ1) is 8.06. The minimum atomic E-state index is -4.50. The first-order valence-electron chi connectivity index (χ1n) is 1.93. The molecular weight excluding hydrogens is 139 g/mol. The Labute approximate surface area is 48.5 Å². The Balaban J connectivity index is 3.39. The molecular formula is C3H3F3NO2. The first-order valence-corrected chi connectivity index (χ1v) is 1.93. The van der Waals surface area contributed by atoms with Crippen LogP contribution in [0.25, 0.3) is 0 Å². The molecule has 0 atom stereocenters. The molecule has 0 fully saturated rings. The Hall–Kier alpha value is -0.940. The average Bonchev–Trinajstić information content (AvgIpc) is 1.59. The van der Waals surface area contributed by atoms with Crippen molar-refractivity contribution in [3.63, 3.8) is 0 Å². The molecule has 6 heteroatoms. The monoisotopic (exact) mass is 142 g/mol. The smallest absolute Gasteiger partial charge is 0.309 e. The predicted octanol–water partition coefficient (Wildman–Crippen LogP) is 0.689. The summed E-state index contributed by atoms with van der Waals surface area (Å²) in [6.07, 6.45) is -6.42. The topological polar surface area (TPSA) is 49.0 Å². The molecule has 0 aliphatic heterocycles. The Morgan fingerprint density at radius 3 is 2.00 bits per heavy atom. The van der Waals surface area contributed by atoms with E-state index in [0.717, 1.165) is 5.32 Å². The van der Waals surface area contributed by atoms with Crippen molar-refractivity contribution in [3.05, 3.63) is 0 Å². The number of hydrogen-bond acceptors (Lipinski definition) is 1. The van der Waals surface area contributed by atoms with Gasteiger partial charge in [0, 0.05) is 0 Å². The number of alkyl halides is 3. The van der Waals surface area contributed by atoms with Crippen molar-refractivity contribution < 1.29 is 23.1 Å². The lowest BCUT2D eigenvalue weighted by Gasteiger charge is -2.02. The Kier molecular flexibility index (Phi) is 2.29. The molecule has 0 spiro atoms. The van der Waals surface area contributed by atoms with Gasteiger partial charge in [-0.1, -0.05) is 0 Å². The van der Waals surface area contributed by atoms with Crippen LogP contribution in [-0.4, -0.2) is 18.8 Å². The lowest BCUT2D eigenvalue weighted by atomic mass is 10.6. The second kappa shape index (κ2) is 2.56. The van der Waals surface area contributed by atoms with E-state index < -0.39 is 18.8 Å². The molecule has 0 aliphatic carbocycles. The van der Waals surface area contributed by atoms with Crippen LogP contribution in [-0.2, 0) is 5.11 Å². The number of carbonyl (C=O) groups excluding carboxylic acids is 1. The van der Waals surface area contributed by atoms with E-state index in [0.29, 0.717) is 0 Å². The average molecular weight is 142 g/mol. The van der Waals surface area contributed by atoms with E-state index in [4.69, 9.17) is 0 Å². The number of rotatable bonds is 1. The number of carbonyl (C=O) groups is 1. The SMILES string of the molecule is [O]C(=O)NCC(F)(F)F. The van der Waals surface area contributed by atoms with Crippen LogP contribution in [0, 0.1) is 0 Å². The lowest BCUT2D eigenvalue weighted by molar-refractivity contribution is -0.123. The molecule has 0 bridgehead atoms. The standard InChI is InChI=1S/C3H3F3NO2/c4-3(5,6)1-7-2(8)9/h7H,1H2. The van der Waals surface area contributed by atoms with Crippen LogP contribution in [0.3, 0.4) is 0 Å². The summed E-state index contributed by atoms with van der Waals surface area (Å²) in [4.78, 5) is 9.32. The predicted molar refractivity (Wildman–Crippen MR) is 20.1 cm³/mol. The van der Waals surface area contributed by atoms with Crippen LogP contribution in [0.4, 0.5) is 18.0 Å². The third-order valence-corrected chi connectivity index (χ3v) is 0.433. The van der Waals surface area contributed by atoms with Crippen LogP contribution in [0.15, 0.2) is 0 Å². The molecule has 3 nitrogen and oxygen atoms in total. The quantitative estimate of drug-likeness (QED) is 0.575. The summed E-state index contributed by atoms with van der Waals surface area (Å²) in [6.45, 7) is -1.56. The highest BCUT2D eigenvalue weighted by Crippen LogP contribution is 2.11. The summed E-state index contributed by atoms with van der Waals surface area (Å²) < 4.78 is 33.2. The van der Waals surface area contributed by atoms with E-state index in [1.165, 1.54) is 0 Å². The van der Waals surface area contributed by atoms with Gasteiger partial charge in [0.2, 0.25) is 0 Å². The second-order valence-corrected chi connectivity index (χ2v) is 1.26. The van der Waals surface area contributed by atoms with Gasteiger partial charge >= 0.3 is 12.3 Å². The summed E-state index contributed by atoms with van der Waals surface area (Å²) in [5.74, 6) is 0. The van der Waals surface area contributed by atoms with E-state index in [-0.39, 0.29) is 0 Å². The Morgan fingerprint density at radius 1 is 1.44 bits per heavy atom. The molecule has 0 heterocycles. The molecule has 0 saturated heterocycles. The van der Waals surface area contributed by atoms with Gasteiger partial charge in [-0.3, -0.25) is 0 Å². The van der Waals surface area contributed by atoms with Gasteiger partial charge < -0.3 is 5.32 Å². The van der Waals surface area contributed by atoms with Crippen molar-refractivity contribution >= 4 is 6.09 Å².